The molecule has 0 spiro atoms. The van der Waals surface area contributed by atoms with Crippen LogP contribution in [0.1, 0.15) is 23.5 Å². The largest absolute Gasteiger partial charge is 0.534 e. The van der Waals surface area contributed by atoms with Crippen molar-refractivity contribution in [2.75, 3.05) is 13.1 Å². The number of halogens is 3. The molecule has 1 heterocycles. The van der Waals surface area contributed by atoms with Crippen LogP contribution in [0, 0.1) is 0 Å². The summed E-state index contributed by atoms with van der Waals surface area (Å²) < 4.78 is 68.7. The summed E-state index contributed by atoms with van der Waals surface area (Å²) in [6, 6.07) is 14.1. The van der Waals surface area contributed by atoms with Crippen LogP contribution in [0.25, 0.3) is 0 Å². The van der Waals surface area contributed by atoms with E-state index in [9.17, 15) is 31.5 Å². The smallest absolute Gasteiger partial charge is 0.445 e. The first-order valence-electron chi connectivity index (χ1n) is 9.31. The van der Waals surface area contributed by atoms with E-state index in [4.69, 9.17) is 4.74 Å². The van der Waals surface area contributed by atoms with Gasteiger partial charge in [0.2, 0.25) is 0 Å². The minimum Gasteiger partial charge on any atom is -0.445 e. The fraction of sp³-hybridized carbons (Fsp3) is 0.350. The second-order valence-corrected chi connectivity index (χ2v) is 8.54. The lowest BCUT2D eigenvalue weighted by molar-refractivity contribution is -0.0500. The molecule has 2 aromatic rings. The van der Waals surface area contributed by atoms with Gasteiger partial charge in [0.15, 0.2) is 0 Å². The van der Waals surface area contributed by atoms with Crippen molar-refractivity contribution >= 4 is 16.2 Å². The van der Waals surface area contributed by atoms with E-state index in [-0.39, 0.29) is 19.1 Å². The summed E-state index contributed by atoms with van der Waals surface area (Å²) in [6.07, 6.45) is -1.09. The van der Waals surface area contributed by atoms with Crippen LogP contribution in [0.2, 0.25) is 0 Å². The van der Waals surface area contributed by atoms with Gasteiger partial charge >= 0.3 is 21.7 Å². The summed E-state index contributed by atoms with van der Waals surface area (Å²) in [5, 5.41) is 10.5. The van der Waals surface area contributed by atoms with E-state index in [1.54, 1.807) is 0 Å². The molecule has 1 aliphatic rings. The van der Waals surface area contributed by atoms with E-state index in [0.29, 0.717) is 18.5 Å². The number of aliphatic hydroxyl groups excluding tert-OH is 1. The third-order valence-electron chi connectivity index (χ3n) is 4.84. The number of benzene rings is 2. The lowest BCUT2D eigenvalue weighted by Gasteiger charge is -2.35. The standard InChI is InChI=1S/C20H20F3NO6S/c21-20(22,23)31(27,28)30-16-8-6-15(7-9-16)17-10-11-24(12-18(17)25)19(26)29-13-14-4-2-1-3-5-14/h1-9,17-18,25H,10-13H2. The van der Waals surface area contributed by atoms with Crippen LogP contribution in [-0.2, 0) is 21.5 Å². The summed E-state index contributed by atoms with van der Waals surface area (Å²) in [5.74, 6) is -0.871. The first-order valence-corrected chi connectivity index (χ1v) is 10.7. The quantitative estimate of drug-likeness (QED) is 0.544. The molecule has 1 amide bonds. The molecule has 1 N–H and O–H groups in total. The lowest BCUT2D eigenvalue weighted by atomic mass is 9.87. The predicted molar refractivity (Wildman–Crippen MR) is 104 cm³/mol. The lowest BCUT2D eigenvalue weighted by Crippen LogP contribution is -2.45. The van der Waals surface area contributed by atoms with Gasteiger partial charge < -0.3 is 18.9 Å². The molecule has 1 fully saturated rings. The first-order chi connectivity index (χ1) is 14.6. The van der Waals surface area contributed by atoms with Crippen molar-refractivity contribution in [2.24, 2.45) is 0 Å². The van der Waals surface area contributed by atoms with E-state index < -0.39 is 33.6 Å². The second-order valence-electron chi connectivity index (χ2n) is 7.00. The van der Waals surface area contributed by atoms with E-state index in [1.807, 2.05) is 30.3 Å². The molecule has 0 saturated carbocycles. The molecule has 11 heteroatoms. The second kappa shape index (κ2) is 9.15. The van der Waals surface area contributed by atoms with E-state index >= 15 is 0 Å². The minimum absolute atomic E-state index is 0.0268. The highest BCUT2D eigenvalue weighted by atomic mass is 32.2. The normalized spacial score (nSPS) is 19.7. The summed E-state index contributed by atoms with van der Waals surface area (Å²) in [7, 11) is -5.75. The number of hydrogen-bond acceptors (Lipinski definition) is 6. The molecular weight excluding hydrogens is 439 g/mol. The van der Waals surface area contributed by atoms with Crippen molar-refractivity contribution in [3.8, 4) is 5.75 Å². The van der Waals surface area contributed by atoms with Crippen LogP contribution in [0.3, 0.4) is 0 Å². The van der Waals surface area contributed by atoms with Gasteiger partial charge in [-0.1, -0.05) is 42.5 Å². The molecule has 0 aromatic heterocycles. The number of piperidine rings is 1. The molecule has 2 aromatic carbocycles. The Bertz CT molecular complexity index is 996. The molecule has 2 unspecified atom stereocenters. The van der Waals surface area contributed by atoms with Crippen molar-refractivity contribution < 1.29 is 40.4 Å². The number of rotatable bonds is 5. The maximum atomic E-state index is 12.4. The number of carbonyl (C=O) groups excluding carboxylic acids is 1. The van der Waals surface area contributed by atoms with E-state index in [2.05, 4.69) is 4.18 Å². The van der Waals surface area contributed by atoms with Crippen LogP contribution in [0.5, 0.6) is 5.75 Å². The zero-order valence-electron chi connectivity index (χ0n) is 16.2. The number of aliphatic hydroxyl groups is 1. The number of carbonyl (C=O) groups is 1. The monoisotopic (exact) mass is 459 g/mol. The number of alkyl halides is 3. The van der Waals surface area contributed by atoms with Gasteiger partial charge in [0.1, 0.15) is 12.4 Å². The Morgan fingerprint density at radius 1 is 1.10 bits per heavy atom. The van der Waals surface area contributed by atoms with Gasteiger partial charge in [0.25, 0.3) is 0 Å². The number of β-amino-alcohol motifs (C(OH)–C–C–N with tert-alkyl or cyclic N) is 1. The van der Waals surface area contributed by atoms with E-state index in [0.717, 1.165) is 17.7 Å². The van der Waals surface area contributed by atoms with Crippen LogP contribution >= 0.6 is 0 Å². The Labute approximate surface area is 177 Å². The molecule has 1 saturated heterocycles. The molecule has 1 aliphatic heterocycles. The van der Waals surface area contributed by atoms with Crippen LogP contribution in [0.15, 0.2) is 54.6 Å². The zero-order chi connectivity index (χ0) is 22.6. The van der Waals surface area contributed by atoms with Crippen molar-refractivity contribution in [1.82, 2.24) is 4.90 Å². The van der Waals surface area contributed by atoms with Crippen LogP contribution < -0.4 is 4.18 Å². The van der Waals surface area contributed by atoms with Gasteiger partial charge in [0.05, 0.1) is 12.6 Å². The average molecular weight is 459 g/mol. The maximum absolute atomic E-state index is 12.4. The molecule has 0 radical (unpaired) electrons. The fourth-order valence-electron chi connectivity index (χ4n) is 3.24. The average Bonchev–Trinajstić information content (AvgIpc) is 2.72. The highest BCUT2D eigenvalue weighted by Gasteiger charge is 2.48. The SMILES string of the molecule is O=C(OCc1ccccc1)N1CCC(c2ccc(OS(=O)(=O)C(F)(F)F)cc2)C(O)C1. The highest BCUT2D eigenvalue weighted by Crippen LogP contribution is 2.32. The third kappa shape index (κ3) is 5.67. The Morgan fingerprint density at radius 2 is 1.74 bits per heavy atom. The van der Waals surface area contributed by atoms with Crippen LogP contribution in [-0.4, -0.2) is 49.2 Å². The van der Waals surface area contributed by atoms with Crippen molar-refractivity contribution in [1.29, 1.82) is 0 Å². The summed E-state index contributed by atoms with van der Waals surface area (Å²) >= 11 is 0. The number of ether oxygens (including phenoxy) is 1. The predicted octanol–water partition coefficient (Wildman–Crippen LogP) is 3.40. The van der Waals surface area contributed by atoms with Gasteiger partial charge in [-0.15, -0.1) is 0 Å². The number of hydrogen-bond donors (Lipinski definition) is 1. The van der Waals surface area contributed by atoms with Crippen LogP contribution in [0.4, 0.5) is 18.0 Å². The molecule has 0 aliphatic carbocycles. The van der Waals surface area contributed by atoms with Crippen molar-refractivity contribution in [2.45, 2.75) is 30.6 Å². The fourth-order valence-corrected chi connectivity index (χ4v) is 3.70. The van der Waals surface area contributed by atoms with Gasteiger partial charge in [-0.3, -0.25) is 0 Å². The summed E-state index contributed by atoms with van der Waals surface area (Å²) in [5.41, 5.74) is -4.10. The Kier molecular flexibility index (Phi) is 6.75. The summed E-state index contributed by atoms with van der Waals surface area (Å²) in [6.45, 7) is 0.451. The van der Waals surface area contributed by atoms with Gasteiger partial charge in [-0.2, -0.15) is 21.6 Å². The number of amides is 1. The van der Waals surface area contributed by atoms with Gasteiger partial charge in [-0.25, -0.2) is 4.79 Å². The molecule has 3 rings (SSSR count). The molecule has 7 nitrogen and oxygen atoms in total. The Hall–Kier alpha value is -2.79. The van der Waals surface area contributed by atoms with Gasteiger partial charge in [-0.05, 0) is 29.7 Å². The Morgan fingerprint density at radius 3 is 2.32 bits per heavy atom. The third-order valence-corrected chi connectivity index (χ3v) is 5.82. The highest BCUT2D eigenvalue weighted by molar-refractivity contribution is 7.88. The maximum Gasteiger partial charge on any atom is 0.534 e. The first kappa shape index (κ1) is 22.9. The molecule has 0 bridgehead atoms. The summed E-state index contributed by atoms with van der Waals surface area (Å²) in [4.78, 5) is 13.6. The minimum atomic E-state index is -5.75. The zero-order valence-corrected chi connectivity index (χ0v) is 17.0. The molecule has 2 atom stereocenters. The number of likely N-dealkylation sites (tertiary alicyclic amines) is 1. The van der Waals surface area contributed by atoms with Gasteiger partial charge in [0, 0.05) is 12.5 Å². The molecular formula is C20H20F3NO6S. The van der Waals surface area contributed by atoms with Crippen molar-refractivity contribution in [3.63, 3.8) is 0 Å². The molecule has 168 valence electrons. The van der Waals surface area contributed by atoms with Crippen molar-refractivity contribution in [3.05, 3.63) is 65.7 Å². The van der Waals surface area contributed by atoms with E-state index in [1.165, 1.54) is 17.0 Å². The number of nitrogens with zero attached hydrogens (tertiary/aromatic N) is 1. The Balaban J connectivity index is 1.56. The topological polar surface area (TPSA) is 93.1 Å². The molecule has 31 heavy (non-hydrogen) atoms.